The monoisotopic (exact) mass is 286 g/mol. The van der Waals surface area contributed by atoms with Crippen molar-refractivity contribution in [2.45, 2.75) is 64.5 Å². The van der Waals surface area contributed by atoms with E-state index in [0.29, 0.717) is 25.2 Å². The molecule has 1 atom stereocenters. The van der Waals surface area contributed by atoms with E-state index in [0.717, 1.165) is 12.4 Å². The van der Waals surface area contributed by atoms with E-state index in [1.807, 2.05) is 4.68 Å². The maximum atomic E-state index is 13.2. The molecule has 0 saturated heterocycles. The smallest absolute Gasteiger partial charge is 0.248 e. The highest BCUT2D eigenvalue weighted by molar-refractivity contribution is 4.93. The number of nitrogens with two attached hydrogens (primary N) is 1. The van der Waals surface area contributed by atoms with Crippen LogP contribution < -0.4 is 5.73 Å². The highest BCUT2D eigenvalue weighted by Crippen LogP contribution is 2.37. The maximum absolute atomic E-state index is 13.2. The first kappa shape index (κ1) is 15.4. The average Bonchev–Trinajstić information content (AvgIpc) is 2.75. The Hall–Kier alpha value is -1.04. The molecule has 0 aliphatic heterocycles. The van der Waals surface area contributed by atoms with E-state index in [2.05, 4.69) is 23.9 Å². The van der Waals surface area contributed by atoms with Crippen LogP contribution in [-0.4, -0.2) is 26.7 Å². The van der Waals surface area contributed by atoms with E-state index in [4.69, 9.17) is 5.73 Å². The zero-order chi connectivity index (χ0) is 14.8. The molecule has 1 aliphatic rings. The Kier molecular flexibility index (Phi) is 4.73. The first-order chi connectivity index (χ1) is 9.37. The topological polar surface area (TPSA) is 56.7 Å². The van der Waals surface area contributed by atoms with E-state index in [1.165, 1.54) is 0 Å². The summed E-state index contributed by atoms with van der Waals surface area (Å²) in [5.74, 6) is -0.976. The molecular formula is C14H24F2N4. The van der Waals surface area contributed by atoms with Crippen molar-refractivity contribution in [2.24, 2.45) is 17.6 Å². The van der Waals surface area contributed by atoms with Crippen molar-refractivity contribution < 1.29 is 8.78 Å². The lowest BCUT2D eigenvalue weighted by Gasteiger charge is -2.31. The van der Waals surface area contributed by atoms with Crippen molar-refractivity contribution in [3.8, 4) is 0 Å². The molecule has 0 amide bonds. The van der Waals surface area contributed by atoms with Crippen LogP contribution in [0.1, 0.15) is 45.4 Å². The summed E-state index contributed by atoms with van der Waals surface area (Å²) in [5.41, 5.74) is 6.20. The minimum Gasteiger partial charge on any atom is -0.327 e. The van der Waals surface area contributed by atoms with E-state index in [-0.39, 0.29) is 24.8 Å². The lowest BCUT2D eigenvalue weighted by molar-refractivity contribution is -0.0482. The molecule has 2 N–H and O–H groups in total. The van der Waals surface area contributed by atoms with Crippen molar-refractivity contribution in [1.29, 1.82) is 0 Å². The minimum absolute atomic E-state index is 0.0376. The molecule has 0 radical (unpaired) electrons. The molecule has 1 aliphatic carbocycles. The second-order valence-electron chi connectivity index (χ2n) is 6.31. The lowest BCUT2D eigenvalue weighted by Crippen LogP contribution is -2.38. The Balaban J connectivity index is 1.92. The van der Waals surface area contributed by atoms with Gasteiger partial charge in [0.25, 0.3) is 0 Å². The van der Waals surface area contributed by atoms with Crippen LogP contribution in [0.5, 0.6) is 0 Å². The van der Waals surface area contributed by atoms with Gasteiger partial charge >= 0.3 is 0 Å². The van der Waals surface area contributed by atoms with Gasteiger partial charge in [0.2, 0.25) is 5.92 Å². The van der Waals surface area contributed by atoms with Gasteiger partial charge in [-0.2, -0.15) is 5.10 Å². The van der Waals surface area contributed by atoms with Crippen molar-refractivity contribution in [3.05, 3.63) is 12.2 Å². The van der Waals surface area contributed by atoms with Crippen LogP contribution in [0.15, 0.2) is 6.33 Å². The second-order valence-corrected chi connectivity index (χ2v) is 6.31. The van der Waals surface area contributed by atoms with Crippen LogP contribution in [0.4, 0.5) is 8.78 Å². The molecule has 1 fully saturated rings. The fraction of sp³-hybridized carbons (Fsp3) is 0.857. The molecule has 0 bridgehead atoms. The summed E-state index contributed by atoms with van der Waals surface area (Å²) in [5, 5.41) is 4.21. The number of halogens is 2. The normalized spacial score (nSPS) is 21.3. The molecule has 4 nitrogen and oxygen atoms in total. The van der Waals surface area contributed by atoms with Gasteiger partial charge in [-0.15, -0.1) is 0 Å². The molecule has 0 aromatic carbocycles. The summed E-state index contributed by atoms with van der Waals surface area (Å²) in [4.78, 5) is 4.26. The third kappa shape index (κ3) is 3.98. The van der Waals surface area contributed by atoms with Crippen LogP contribution in [0.25, 0.3) is 0 Å². The van der Waals surface area contributed by atoms with E-state index in [1.54, 1.807) is 6.33 Å². The molecule has 1 unspecified atom stereocenters. The van der Waals surface area contributed by atoms with Crippen molar-refractivity contribution in [1.82, 2.24) is 14.8 Å². The summed E-state index contributed by atoms with van der Waals surface area (Å²) < 4.78 is 28.2. The number of alkyl halides is 2. The molecule has 0 spiro atoms. The van der Waals surface area contributed by atoms with Gasteiger partial charge in [-0.05, 0) is 24.7 Å². The van der Waals surface area contributed by atoms with Gasteiger partial charge < -0.3 is 5.73 Å². The Morgan fingerprint density at radius 2 is 2.05 bits per heavy atom. The van der Waals surface area contributed by atoms with E-state index in [9.17, 15) is 8.78 Å². The fourth-order valence-corrected chi connectivity index (χ4v) is 2.81. The predicted molar refractivity (Wildman–Crippen MR) is 73.4 cm³/mol. The summed E-state index contributed by atoms with van der Waals surface area (Å²) in [6, 6.07) is -0.110. The van der Waals surface area contributed by atoms with Gasteiger partial charge in [0.15, 0.2) is 0 Å². The molecule has 1 aromatic heterocycles. The van der Waals surface area contributed by atoms with E-state index >= 15 is 0 Å². The number of nitrogens with zero attached hydrogens (tertiary/aromatic N) is 3. The van der Waals surface area contributed by atoms with Crippen LogP contribution in [-0.2, 0) is 13.0 Å². The summed E-state index contributed by atoms with van der Waals surface area (Å²) >= 11 is 0. The molecule has 1 aromatic rings. The highest BCUT2D eigenvalue weighted by Gasteiger charge is 2.37. The lowest BCUT2D eigenvalue weighted by atomic mass is 9.81. The van der Waals surface area contributed by atoms with E-state index < -0.39 is 5.92 Å². The number of hydrogen-bond donors (Lipinski definition) is 1. The van der Waals surface area contributed by atoms with Gasteiger partial charge in [-0.3, -0.25) is 0 Å². The van der Waals surface area contributed by atoms with Gasteiger partial charge in [0.05, 0.1) is 0 Å². The van der Waals surface area contributed by atoms with Gasteiger partial charge in [0, 0.05) is 31.8 Å². The highest BCUT2D eigenvalue weighted by atomic mass is 19.3. The summed E-state index contributed by atoms with van der Waals surface area (Å²) in [7, 11) is 0. The van der Waals surface area contributed by atoms with Crippen LogP contribution in [0.2, 0.25) is 0 Å². The number of aromatic nitrogens is 3. The fourth-order valence-electron chi connectivity index (χ4n) is 2.81. The van der Waals surface area contributed by atoms with Crippen molar-refractivity contribution in [2.75, 3.05) is 0 Å². The van der Waals surface area contributed by atoms with Crippen LogP contribution >= 0.6 is 0 Å². The molecule has 20 heavy (non-hydrogen) atoms. The summed E-state index contributed by atoms with van der Waals surface area (Å²) in [6.45, 7) is 5.05. The largest absolute Gasteiger partial charge is 0.327 e. The third-order valence-corrected chi connectivity index (χ3v) is 4.02. The number of rotatable bonds is 5. The second kappa shape index (κ2) is 6.16. The Morgan fingerprint density at radius 1 is 1.40 bits per heavy atom. The average molecular weight is 286 g/mol. The SMILES string of the molecule is CC(C)Cn1ncnc1CC(N)C1CCC(F)(F)CC1. The predicted octanol–water partition coefficient (Wildman–Crippen LogP) is 2.63. The van der Waals surface area contributed by atoms with Gasteiger partial charge in [-0.1, -0.05) is 13.8 Å². The molecule has 2 rings (SSSR count). The molecule has 1 heterocycles. The quantitative estimate of drug-likeness (QED) is 0.905. The molecule has 6 heteroatoms. The standard InChI is InChI=1S/C14H24F2N4/c1-10(2)8-20-13(18-9-19-20)7-12(17)11-3-5-14(15,16)6-4-11/h9-12H,3-8,17H2,1-2H3. The van der Waals surface area contributed by atoms with Gasteiger partial charge in [-0.25, -0.2) is 18.4 Å². The van der Waals surface area contributed by atoms with Crippen molar-refractivity contribution in [3.63, 3.8) is 0 Å². The zero-order valence-corrected chi connectivity index (χ0v) is 12.2. The molecule has 1 saturated carbocycles. The van der Waals surface area contributed by atoms with Gasteiger partial charge in [0.1, 0.15) is 12.2 Å². The minimum atomic E-state index is -2.49. The van der Waals surface area contributed by atoms with Crippen LogP contribution in [0.3, 0.4) is 0 Å². The Bertz CT molecular complexity index is 421. The Labute approximate surface area is 118 Å². The molecular weight excluding hydrogens is 262 g/mol. The zero-order valence-electron chi connectivity index (χ0n) is 12.2. The molecule has 114 valence electrons. The summed E-state index contributed by atoms with van der Waals surface area (Å²) in [6.07, 6.45) is 3.09. The van der Waals surface area contributed by atoms with Crippen molar-refractivity contribution >= 4 is 0 Å². The first-order valence-electron chi connectivity index (χ1n) is 7.37. The number of hydrogen-bond acceptors (Lipinski definition) is 3. The third-order valence-electron chi connectivity index (χ3n) is 4.02. The first-order valence-corrected chi connectivity index (χ1v) is 7.37. The van der Waals surface area contributed by atoms with Crippen LogP contribution in [0, 0.1) is 11.8 Å². The Morgan fingerprint density at radius 3 is 2.65 bits per heavy atom. The maximum Gasteiger partial charge on any atom is 0.248 e.